The van der Waals surface area contributed by atoms with Crippen LogP contribution in [0.1, 0.15) is 30.0 Å². The van der Waals surface area contributed by atoms with E-state index in [1.807, 2.05) is 6.07 Å². The maximum Gasteiger partial charge on any atom is 0.325 e. The van der Waals surface area contributed by atoms with Crippen LogP contribution in [-0.4, -0.2) is 58.8 Å². The Hall–Kier alpha value is -2.83. The largest absolute Gasteiger partial charge is 0.358 e. The van der Waals surface area contributed by atoms with Gasteiger partial charge in [-0.25, -0.2) is 4.79 Å². The molecular formula is C19H22N4O3. The van der Waals surface area contributed by atoms with Crippen molar-refractivity contribution in [3.05, 3.63) is 35.5 Å². The molecule has 4 amide bonds. The zero-order chi connectivity index (χ0) is 18.3. The van der Waals surface area contributed by atoms with Gasteiger partial charge in [-0.3, -0.25) is 14.5 Å². The number of urea groups is 1. The van der Waals surface area contributed by atoms with Crippen molar-refractivity contribution < 1.29 is 14.4 Å². The number of carbonyl (C=O) groups is 3. The number of nitrogens with one attached hydrogen (secondary N) is 2. The molecular weight excluding hydrogens is 332 g/mol. The number of para-hydroxylation sites is 1. The number of aryl methyl sites for hydroxylation is 1. The monoisotopic (exact) mass is 354 g/mol. The van der Waals surface area contributed by atoms with E-state index < -0.39 is 6.03 Å². The minimum Gasteiger partial charge on any atom is -0.358 e. The first-order chi connectivity index (χ1) is 12.5. The van der Waals surface area contributed by atoms with E-state index in [1.54, 1.807) is 4.90 Å². The second-order valence-electron chi connectivity index (χ2n) is 7.00. The molecule has 2 aliphatic rings. The molecule has 0 unspecified atom stereocenters. The lowest BCUT2D eigenvalue weighted by molar-refractivity contribution is -0.137. The standard InChI is InChI=1S/C19H22N4O3/c1-12-18(14-4-2-3-5-15(14)21-12)13-6-8-22(9-7-13)17(25)11-23-16(24)10-20-19(23)26/h2-5,13,21H,6-11H2,1H3,(H,20,26). The molecule has 2 aromatic rings. The highest BCUT2D eigenvalue weighted by atomic mass is 16.2. The Bertz CT molecular complexity index is 864. The molecule has 1 aromatic heterocycles. The zero-order valence-corrected chi connectivity index (χ0v) is 14.7. The number of aromatic nitrogens is 1. The zero-order valence-electron chi connectivity index (χ0n) is 14.7. The van der Waals surface area contributed by atoms with Crippen molar-refractivity contribution in [2.75, 3.05) is 26.2 Å². The highest BCUT2D eigenvalue weighted by molar-refractivity contribution is 6.04. The number of fused-ring (bicyclic) bond motifs is 1. The van der Waals surface area contributed by atoms with Gasteiger partial charge in [0.1, 0.15) is 6.54 Å². The molecule has 7 heteroatoms. The lowest BCUT2D eigenvalue weighted by Gasteiger charge is -2.33. The second kappa shape index (κ2) is 6.48. The maximum absolute atomic E-state index is 12.5. The lowest BCUT2D eigenvalue weighted by Crippen LogP contribution is -2.45. The maximum atomic E-state index is 12.5. The van der Waals surface area contributed by atoms with E-state index in [2.05, 4.69) is 35.4 Å². The number of nitrogens with zero attached hydrogens (tertiary/aromatic N) is 2. The van der Waals surface area contributed by atoms with Crippen molar-refractivity contribution in [1.29, 1.82) is 0 Å². The van der Waals surface area contributed by atoms with Gasteiger partial charge < -0.3 is 15.2 Å². The van der Waals surface area contributed by atoms with Crippen molar-refractivity contribution in [3.63, 3.8) is 0 Å². The van der Waals surface area contributed by atoms with Gasteiger partial charge in [0, 0.05) is 29.7 Å². The Labute approximate surface area is 151 Å². The number of likely N-dealkylation sites (tertiary alicyclic amines) is 1. The van der Waals surface area contributed by atoms with Crippen LogP contribution in [0.5, 0.6) is 0 Å². The Morgan fingerprint density at radius 3 is 2.62 bits per heavy atom. The minimum absolute atomic E-state index is 0.0198. The predicted octanol–water partition coefficient (Wildman–Crippen LogP) is 1.73. The van der Waals surface area contributed by atoms with E-state index in [1.165, 1.54) is 16.6 Å². The molecule has 0 saturated carbocycles. The van der Waals surface area contributed by atoms with Gasteiger partial charge in [0.15, 0.2) is 0 Å². The summed E-state index contributed by atoms with van der Waals surface area (Å²) < 4.78 is 0. The number of benzene rings is 1. The smallest absolute Gasteiger partial charge is 0.325 e. The third-order valence-electron chi connectivity index (χ3n) is 5.43. The number of amides is 4. The van der Waals surface area contributed by atoms with E-state index in [-0.39, 0.29) is 24.9 Å². The molecule has 4 rings (SSSR count). The van der Waals surface area contributed by atoms with E-state index in [9.17, 15) is 14.4 Å². The Balaban J connectivity index is 1.42. The summed E-state index contributed by atoms with van der Waals surface area (Å²) in [6, 6.07) is 7.83. The van der Waals surface area contributed by atoms with Gasteiger partial charge in [-0.05, 0) is 37.3 Å². The van der Waals surface area contributed by atoms with Gasteiger partial charge >= 0.3 is 6.03 Å². The summed E-state index contributed by atoms with van der Waals surface area (Å²) >= 11 is 0. The Morgan fingerprint density at radius 1 is 1.19 bits per heavy atom. The van der Waals surface area contributed by atoms with Crippen LogP contribution in [0.4, 0.5) is 4.79 Å². The van der Waals surface area contributed by atoms with Crippen LogP contribution in [0.25, 0.3) is 10.9 Å². The van der Waals surface area contributed by atoms with Gasteiger partial charge in [-0.15, -0.1) is 0 Å². The highest BCUT2D eigenvalue weighted by Gasteiger charge is 2.33. The molecule has 0 radical (unpaired) electrons. The van der Waals surface area contributed by atoms with Crippen LogP contribution >= 0.6 is 0 Å². The number of H-pyrrole nitrogens is 1. The molecule has 0 aliphatic carbocycles. The fraction of sp³-hybridized carbons (Fsp3) is 0.421. The molecule has 3 heterocycles. The van der Waals surface area contributed by atoms with Gasteiger partial charge in [-0.2, -0.15) is 0 Å². The number of carbonyl (C=O) groups excluding carboxylic acids is 3. The van der Waals surface area contributed by atoms with Crippen LogP contribution in [0.3, 0.4) is 0 Å². The predicted molar refractivity (Wildman–Crippen MR) is 96.7 cm³/mol. The average Bonchev–Trinajstić information content (AvgIpc) is 3.14. The number of aromatic amines is 1. The summed E-state index contributed by atoms with van der Waals surface area (Å²) in [5.74, 6) is -0.0935. The van der Waals surface area contributed by atoms with Gasteiger partial charge in [0.2, 0.25) is 5.91 Å². The molecule has 1 aromatic carbocycles. The molecule has 26 heavy (non-hydrogen) atoms. The molecule has 2 N–H and O–H groups in total. The van der Waals surface area contributed by atoms with Crippen LogP contribution in [-0.2, 0) is 9.59 Å². The Kier molecular flexibility index (Phi) is 4.14. The summed E-state index contributed by atoms with van der Waals surface area (Å²) in [6.45, 7) is 3.21. The molecule has 136 valence electrons. The lowest BCUT2D eigenvalue weighted by atomic mass is 9.87. The molecule has 0 atom stereocenters. The van der Waals surface area contributed by atoms with Gasteiger partial charge in [0.05, 0.1) is 6.54 Å². The van der Waals surface area contributed by atoms with Gasteiger partial charge in [0.25, 0.3) is 5.91 Å². The first-order valence-corrected chi connectivity index (χ1v) is 8.98. The van der Waals surface area contributed by atoms with E-state index in [0.717, 1.165) is 23.3 Å². The topological polar surface area (TPSA) is 85.5 Å². The van der Waals surface area contributed by atoms with Crippen LogP contribution in [0, 0.1) is 6.92 Å². The summed E-state index contributed by atoms with van der Waals surface area (Å²) in [5, 5.41) is 3.70. The summed E-state index contributed by atoms with van der Waals surface area (Å²) in [6.07, 6.45) is 1.77. The summed E-state index contributed by atoms with van der Waals surface area (Å²) in [5.41, 5.74) is 3.69. The van der Waals surface area contributed by atoms with Crippen molar-refractivity contribution in [1.82, 2.24) is 20.1 Å². The molecule has 2 aliphatic heterocycles. The van der Waals surface area contributed by atoms with Crippen molar-refractivity contribution >= 4 is 28.7 Å². The molecule has 2 saturated heterocycles. The highest BCUT2D eigenvalue weighted by Crippen LogP contribution is 2.35. The fourth-order valence-corrected chi connectivity index (χ4v) is 4.09. The molecule has 2 fully saturated rings. The number of imide groups is 1. The molecule has 0 spiro atoms. The quantitative estimate of drug-likeness (QED) is 0.823. The van der Waals surface area contributed by atoms with Crippen LogP contribution in [0.15, 0.2) is 24.3 Å². The van der Waals surface area contributed by atoms with Crippen molar-refractivity contribution in [3.8, 4) is 0 Å². The SMILES string of the molecule is Cc1[nH]c2ccccc2c1C1CCN(C(=O)CN2C(=O)CNC2=O)CC1. The fourth-order valence-electron chi connectivity index (χ4n) is 4.09. The second-order valence-corrected chi connectivity index (χ2v) is 7.00. The van der Waals surface area contributed by atoms with Crippen molar-refractivity contribution in [2.45, 2.75) is 25.7 Å². The normalized spacial score (nSPS) is 18.7. The van der Waals surface area contributed by atoms with E-state index in [0.29, 0.717) is 19.0 Å². The van der Waals surface area contributed by atoms with E-state index >= 15 is 0 Å². The van der Waals surface area contributed by atoms with Gasteiger partial charge in [-0.1, -0.05) is 18.2 Å². The third kappa shape index (κ3) is 2.83. The summed E-state index contributed by atoms with van der Waals surface area (Å²) in [4.78, 5) is 41.9. The number of rotatable bonds is 3. The molecule has 7 nitrogen and oxygen atoms in total. The Morgan fingerprint density at radius 2 is 1.92 bits per heavy atom. The summed E-state index contributed by atoms with van der Waals surface area (Å²) in [7, 11) is 0. The van der Waals surface area contributed by atoms with Crippen molar-refractivity contribution in [2.24, 2.45) is 0 Å². The minimum atomic E-state index is -0.479. The van der Waals surface area contributed by atoms with Crippen LogP contribution < -0.4 is 5.32 Å². The number of piperidine rings is 1. The van der Waals surface area contributed by atoms with Crippen LogP contribution in [0.2, 0.25) is 0 Å². The first-order valence-electron chi connectivity index (χ1n) is 8.98. The number of hydrogen-bond donors (Lipinski definition) is 2. The third-order valence-corrected chi connectivity index (χ3v) is 5.43. The number of hydrogen-bond acceptors (Lipinski definition) is 3. The van der Waals surface area contributed by atoms with E-state index in [4.69, 9.17) is 0 Å². The molecule has 0 bridgehead atoms. The average molecular weight is 354 g/mol. The first kappa shape index (κ1) is 16.6.